The fourth-order valence-corrected chi connectivity index (χ4v) is 3.78. The number of likely N-dealkylation sites (N-methyl/N-ethyl adjacent to an activating group) is 1. The number of amides is 1. The predicted octanol–water partition coefficient (Wildman–Crippen LogP) is 4.37. The van der Waals surface area contributed by atoms with Crippen LogP contribution in [0.1, 0.15) is 15.9 Å². The Morgan fingerprint density at radius 2 is 2.03 bits per heavy atom. The van der Waals surface area contributed by atoms with Crippen LogP contribution in [0.5, 0.6) is 5.75 Å². The molecular weight excluding hydrogens is 424 g/mol. The van der Waals surface area contributed by atoms with Crippen LogP contribution in [0.15, 0.2) is 52.4 Å². The number of esters is 1. The normalized spacial score (nSPS) is 16.1. The van der Waals surface area contributed by atoms with Gasteiger partial charge in [0, 0.05) is 7.05 Å². The molecule has 0 N–H and O–H groups in total. The summed E-state index contributed by atoms with van der Waals surface area (Å²) in [5.41, 5.74) is 1.79. The first-order chi connectivity index (χ1) is 14.4. The summed E-state index contributed by atoms with van der Waals surface area (Å²) in [6, 6.07) is 11.8. The third kappa shape index (κ3) is 4.85. The monoisotopic (exact) mass is 440 g/mol. The van der Waals surface area contributed by atoms with Gasteiger partial charge in [-0.05, 0) is 59.8 Å². The van der Waals surface area contributed by atoms with Gasteiger partial charge in [0.25, 0.3) is 5.91 Å². The number of nitrogens with zero attached hydrogens (tertiary/aromatic N) is 2. The van der Waals surface area contributed by atoms with Gasteiger partial charge < -0.3 is 9.47 Å². The average molecular weight is 441 g/mol. The van der Waals surface area contributed by atoms with Gasteiger partial charge in [-0.1, -0.05) is 23.6 Å². The Kier molecular flexibility index (Phi) is 6.83. The zero-order valence-corrected chi connectivity index (χ0v) is 17.8. The third-order valence-electron chi connectivity index (χ3n) is 4.08. The number of carbonyl (C=O) groups excluding carboxylic acids is 2. The van der Waals surface area contributed by atoms with Gasteiger partial charge in [-0.25, -0.2) is 9.79 Å². The SMILES string of the molecule is C#CCOc1ccc(C=C2SC(=Nc3ccc(C(=O)OC)cc3)N(C)C2=O)cc1Cl. The van der Waals surface area contributed by atoms with Gasteiger partial charge in [0.2, 0.25) is 0 Å². The molecule has 30 heavy (non-hydrogen) atoms. The molecule has 1 aliphatic heterocycles. The Balaban J connectivity index is 1.80. The van der Waals surface area contributed by atoms with E-state index in [0.717, 1.165) is 5.56 Å². The zero-order valence-electron chi connectivity index (χ0n) is 16.2. The molecule has 1 amide bonds. The van der Waals surface area contributed by atoms with E-state index >= 15 is 0 Å². The molecule has 6 nitrogen and oxygen atoms in total. The number of carbonyl (C=O) groups is 2. The molecule has 0 spiro atoms. The summed E-state index contributed by atoms with van der Waals surface area (Å²) in [5.74, 6) is 2.27. The van der Waals surface area contributed by atoms with Gasteiger partial charge in [-0.2, -0.15) is 0 Å². The van der Waals surface area contributed by atoms with Crippen molar-refractivity contribution in [2.45, 2.75) is 0 Å². The average Bonchev–Trinajstić information content (AvgIpc) is 3.01. The van der Waals surface area contributed by atoms with E-state index in [-0.39, 0.29) is 12.5 Å². The molecule has 2 aromatic carbocycles. The Morgan fingerprint density at radius 3 is 2.67 bits per heavy atom. The number of amidine groups is 1. The van der Waals surface area contributed by atoms with E-state index in [1.165, 1.54) is 23.8 Å². The maximum atomic E-state index is 12.6. The Morgan fingerprint density at radius 1 is 1.30 bits per heavy atom. The summed E-state index contributed by atoms with van der Waals surface area (Å²) in [5, 5.41) is 0.931. The molecule has 0 aromatic heterocycles. The van der Waals surface area contributed by atoms with Crippen LogP contribution >= 0.6 is 23.4 Å². The molecule has 0 unspecified atom stereocenters. The molecule has 8 heteroatoms. The number of rotatable bonds is 5. The molecule has 1 aliphatic rings. The number of terminal acetylenes is 1. The van der Waals surface area contributed by atoms with Crippen molar-refractivity contribution in [2.75, 3.05) is 20.8 Å². The van der Waals surface area contributed by atoms with Crippen molar-refractivity contribution in [3.05, 3.63) is 63.5 Å². The van der Waals surface area contributed by atoms with E-state index in [1.807, 2.05) is 0 Å². The first-order valence-corrected chi connectivity index (χ1v) is 9.93. The second-order valence-electron chi connectivity index (χ2n) is 6.09. The Hall–Kier alpha value is -3.21. The summed E-state index contributed by atoms with van der Waals surface area (Å²) in [4.78, 5) is 30.6. The van der Waals surface area contributed by atoms with Crippen molar-refractivity contribution in [2.24, 2.45) is 4.99 Å². The summed E-state index contributed by atoms with van der Waals surface area (Å²) < 4.78 is 10.0. The van der Waals surface area contributed by atoms with E-state index in [9.17, 15) is 9.59 Å². The lowest BCUT2D eigenvalue weighted by Crippen LogP contribution is -2.23. The van der Waals surface area contributed by atoms with Crippen molar-refractivity contribution in [3.63, 3.8) is 0 Å². The fraction of sp³-hybridized carbons (Fsp3) is 0.136. The molecular formula is C22H17ClN2O4S. The third-order valence-corrected chi connectivity index (χ3v) is 5.44. The number of hydrogen-bond donors (Lipinski definition) is 0. The molecule has 0 radical (unpaired) electrons. The molecule has 0 bridgehead atoms. The quantitative estimate of drug-likeness (QED) is 0.392. The molecule has 0 aliphatic carbocycles. The van der Waals surface area contributed by atoms with E-state index in [1.54, 1.807) is 55.6 Å². The minimum atomic E-state index is -0.420. The topological polar surface area (TPSA) is 68.2 Å². The second-order valence-corrected chi connectivity index (χ2v) is 7.51. The molecule has 152 valence electrons. The van der Waals surface area contributed by atoms with Gasteiger partial charge in [0.15, 0.2) is 5.17 Å². The fourth-order valence-electron chi connectivity index (χ4n) is 2.55. The number of aliphatic imine (C=N–C) groups is 1. The van der Waals surface area contributed by atoms with Gasteiger partial charge in [0.05, 0.1) is 28.3 Å². The van der Waals surface area contributed by atoms with Crippen molar-refractivity contribution in [1.29, 1.82) is 0 Å². The number of thioether (sulfide) groups is 1. The maximum Gasteiger partial charge on any atom is 0.337 e. The summed E-state index contributed by atoms with van der Waals surface area (Å²) in [6.45, 7) is 0.125. The smallest absolute Gasteiger partial charge is 0.337 e. The van der Waals surface area contributed by atoms with Crippen LogP contribution in [-0.4, -0.2) is 42.7 Å². The number of benzene rings is 2. The van der Waals surface area contributed by atoms with E-state index in [4.69, 9.17) is 22.8 Å². The lowest BCUT2D eigenvalue weighted by molar-refractivity contribution is -0.121. The number of hydrogen-bond acceptors (Lipinski definition) is 6. The lowest BCUT2D eigenvalue weighted by Gasteiger charge is -2.07. The zero-order chi connectivity index (χ0) is 21.7. The summed E-state index contributed by atoms with van der Waals surface area (Å²) >= 11 is 7.47. The number of halogens is 1. The highest BCUT2D eigenvalue weighted by atomic mass is 35.5. The van der Waals surface area contributed by atoms with Crippen molar-refractivity contribution < 1.29 is 19.1 Å². The van der Waals surface area contributed by atoms with Crippen molar-refractivity contribution >= 4 is 52.2 Å². The summed E-state index contributed by atoms with van der Waals surface area (Å²) in [6.07, 6.45) is 6.92. The lowest BCUT2D eigenvalue weighted by atomic mass is 10.2. The highest BCUT2D eigenvalue weighted by Crippen LogP contribution is 2.34. The molecule has 2 aromatic rings. The minimum absolute atomic E-state index is 0.125. The molecule has 0 saturated carbocycles. The molecule has 3 rings (SSSR count). The van der Waals surface area contributed by atoms with Crippen molar-refractivity contribution in [3.8, 4) is 18.1 Å². The van der Waals surface area contributed by atoms with Crippen molar-refractivity contribution in [1.82, 2.24) is 4.90 Å². The van der Waals surface area contributed by atoms with Crippen LogP contribution < -0.4 is 4.74 Å². The highest BCUT2D eigenvalue weighted by Gasteiger charge is 2.30. The number of methoxy groups -OCH3 is 1. The van der Waals surface area contributed by atoms with Gasteiger partial charge in [-0.15, -0.1) is 6.42 Å². The Bertz CT molecular complexity index is 1090. The van der Waals surface area contributed by atoms with Crippen LogP contribution in [0.3, 0.4) is 0 Å². The highest BCUT2D eigenvalue weighted by molar-refractivity contribution is 8.18. The predicted molar refractivity (Wildman–Crippen MR) is 119 cm³/mol. The molecule has 1 saturated heterocycles. The van der Waals surface area contributed by atoms with Gasteiger partial charge >= 0.3 is 5.97 Å². The molecule has 1 heterocycles. The first-order valence-electron chi connectivity index (χ1n) is 8.73. The van der Waals surface area contributed by atoms with Crippen LogP contribution in [-0.2, 0) is 9.53 Å². The van der Waals surface area contributed by atoms with Crippen LogP contribution in [0.2, 0.25) is 5.02 Å². The number of ether oxygens (including phenoxy) is 2. The summed E-state index contributed by atoms with van der Waals surface area (Å²) in [7, 11) is 2.98. The van der Waals surface area contributed by atoms with E-state index < -0.39 is 5.97 Å². The largest absolute Gasteiger partial charge is 0.479 e. The maximum absolute atomic E-state index is 12.6. The molecule has 1 fully saturated rings. The van der Waals surface area contributed by atoms with Crippen LogP contribution in [0, 0.1) is 12.3 Å². The van der Waals surface area contributed by atoms with Crippen LogP contribution in [0.4, 0.5) is 5.69 Å². The first kappa shape index (κ1) is 21.5. The van der Waals surface area contributed by atoms with Gasteiger partial charge in [-0.3, -0.25) is 9.69 Å². The standard InChI is InChI=1S/C22H17ClN2O4S/c1-4-11-29-18-10-5-14(12-17(18)23)13-19-20(26)25(2)22(30-19)24-16-8-6-15(7-9-16)21(27)28-3/h1,5-10,12-13H,11H2,2-3H3. The van der Waals surface area contributed by atoms with Gasteiger partial charge in [0.1, 0.15) is 12.4 Å². The second kappa shape index (κ2) is 9.53. The Labute approximate surface area is 183 Å². The minimum Gasteiger partial charge on any atom is -0.479 e. The van der Waals surface area contributed by atoms with E-state index in [0.29, 0.717) is 32.1 Å². The van der Waals surface area contributed by atoms with Crippen LogP contribution in [0.25, 0.3) is 6.08 Å². The molecule has 0 atom stereocenters. The van der Waals surface area contributed by atoms with E-state index in [2.05, 4.69) is 15.6 Å².